The third-order valence-corrected chi connectivity index (χ3v) is 2.66. The Labute approximate surface area is 120 Å². The highest BCUT2D eigenvalue weighted by Crippen LogP contribution is 2.14. The van der Waals surface area contributed by atoms with E-state index in [0.717, 1.165) is 5.76 Å². The molecular formula is C14H12FN5O. The van der Waals surface area contributed by atoms with E-state index >= 15 is 0 Å². The number of hydrogen-bond acceptors (Lipinski definition) is 6. The largest absolute Gasteiger partial charge is 0.467 e. The van der Waals surface area contributed by atoms with Gasteiger partial charge in [0.05, 0.1) is 19.0 Å². The summed E-state index contributed by atoms with van der Waals surface area (Å²) in [4.78, 5) is 4.24. The van der Waals surface area contributed by atoms with E-state index in [4.69, 9.17) is 4.42 Å². The predicted octanol–water partition coefficient (Wildman–Crippen LogP) is 2.96. The Morgan fingerprint density at radius 3 is 2.95 bits per heavy atom. The van der Waals surface area contributed by atoms with E-state index in [0.29, 0.717) is 18.1 Å². The summed E-state index contributed by atoms with van der Waals surface area (Å²) in [6.07, 6.45) is 3.10. The van der Waals surface area contributed by atoms with E-state index in [2.05, 4.69) is 25.8 Å². The fraction of sp³-hybridized carbons (Fsp3) is 0.0714. The lowest BCUT2D eigenvalue weighted by Gasteiger charge is -2.06. The minimum atomic E-state index is -0.333. The molecule has 21 heavy (non-hydrogen) atoms. The summed E-state index contributed by atoms with van der Waals surface area (Å²) in [5, 5.41) is 13.6. The third-order valence-electron chi connectivity index (χ3n) is 2.66. The summed E-state index contributed by atoms with van der Waals surface area (Å²) in [5.41, 5.74) is 0.556. The van der Waals surface area contributed by atoms with Gasteiger partial charge in [0.1, 0.15) is 11.6 Å². The fourth-order valence-electron chi connectivity index (χ4n) is 1.73. The van der Waals surface area contributed by atoms with Gasteiger partial charge < -0.3 is 15.1 Å². The molecule has 2 N–H and O–H groups in total. The first-order chi connectivity index (χ1) is 10.3. The monoisotopic (exact) mass is 285 g/mol. The molecule has 0 aliphatic rings. The summed E-state index contributed by atoms with van der Waals surface area (Å²) in [5.74, 6) is 1.28. The second kappa shape index (κ2) is 6.00. The molecule has 3 rings (SSSR count). The number of halogens is 1. The quantitative estimate of drug-likeness (QED) is 0.750. The summed E-state index contributed by atoms with van der Waals surface area (Å²) in [6.45, 7) is 0.491. The molecule has 0 aliphatic heterocycles. The van der Waals surface area contributed by atoms with Crippen molar-refractivity contribution in [3.63, 3.8) is 0 Å². The van der Waals surface area contributed by atoms with Crippen molar-refractivity contribution in [3.05, 3.63) is 60.4 Å². The predicted molar refractivity (Wildman–Crippen MR) is 75.5 cm³/mol. The maximum Gasteiger partial charge on any atom is 0.249 e. The molecule has 0 bridgehead atoms. The zero-order valence-electron chi connectivity index (χ0n) is 11.0. The first kappa shape index (κ1) is 13.0. The van der Waals surface area contributed by atoms with E-state index in [1.807, 2.05) is 12.1 Å². The first-order valence-electron chi connectivity index (χ1n) is 6.28. The Kier molecular flexibility index (Phi) is 3.72. The van der Waals surface area contributed by atoms with Crippen LogP contribution in [-0.4, -0.2) is 15.2 Å². The Bertz CT molecular complexity index is 717. The molecule has 7 heteroatoms. The second-order valence-electron chi connectivity index (χ2n) is 4.23. The van der Waals surface area contributed by atoms with Crippen molar-refractivity contribution in [2.45, 2.75) is 6.54 Å². The lowest BCUT2D eigenvalue weighted by atomic mass is 10.3. The highest BCUT2D eigenvalue weighted by Gasteiger charge is 2.03. The van der Waals surface area contributed by atoms with Gasteiger partial charge in [-0.3, -0.25) is 0 Å². The average Bonchev–Trinajstić information content (AvgIpc) is 2.99. The fourth-order valence-corrected chi connectivity index (χ4v) is 1.73. The van der Waals surface area contributed by atoms with Gasteiger partial charge in [-0.05, 0) is 30.3 Å². The van der Waals surface area contributed by atoms with Crippen molar-refractivity contribution >= 4 is 17.5 Å². The normalized spacial score (nSPS) is 10.3. The molecule has 0 fully saturated rings. The smallest absolute Gasteiger partial charge is 0.249 e. The van der Waals surface area contributed by atoms with Crippen LogP contribution in [0.4, 0.5) is 21.8 Å². The molecule has 6 nitrogen and oxygen atoms in total. The number of rotatable bonds is 5. The minimum Gasteiger partial charge on any atom is -0.467 e. The Morgan fingerprint density at radius 2 is 2.14 bits per heavy atom. The lowest BCUT2D eigenvalue weighted by Crippen LogP contribution is -2.05. The van der Waals surface area contributed by atoms with Gasteiger partial charge in [-0.15, -0.1) is 5.10 Å². The molecule has 3 aromatic rings. The Balaban J connectivity index is 1.68. The SMILES string of the molecule is Fc1cccc(Nc2nncc(NCc3ccco3)n2)c1. The average molecular weight is 285 g/mol. The molecule has 0 radical (unpaired) electrons. The van der Waals surface area contributed by atoms with Gasteiger partial charge in [0, 0.05) is 5.69 Å². The van der Waals surface area contributed by atoms with Crippen LogP contribution in [-0.2, 0) is 6.54 Å². The van der Waals surface area contributed by atoms with Crippen LogP contribution in [0.15, 0.2) is 53.3 Å². The molecule has 1 aromatic carbocycles. The number of hydrogen-bond donors (Lipinski definition) is 2. The van der Waals surface area contributed by atoms with Crippen LogP contribution in [0.5, 0.6) is 0 Å². The van der Waals surface area contributed by atoms with Crippen molar-refractivity contribution in [2.24, 2.45) is 0 Å². The van der Waals surface area contributed by atoms with E-state index in [9.17, 15) is 4.39 Å². The molecule has 0 unspecified atom stereocenters. The van der Waals surface area contributed by atoms with Crippen LogP contribution < -0.4 is 10.6 Å². The van der Waals surface area contributed by atoms with Gasteiger partial charge in [-0.2, -0.15) is 10.1 Å². The summed E-state index contributed by atoms with van der Waals surface area (Å²) >= 11 is 0. The van der Waals surface area contributed by atoms with Crippen LogP contribution in [0.25, 0.3) is 0 Å². The zero-order valence-corrected chi connectivity index (χ0v) is 11.0. The zero-order chi connectivity index (χ0) is 14.5. The van der Waals surface area contributed by atoms with Crippen molar-refractivity contribution < 1.29 is 8.81 Å². The second-order valence-corrected chi connectivity index (χ2v) is 4.23. The van der Waals surface area contributed by atoms with Crippen molar-refractivity contribution in [3.8, 4) is 0 Å². The van der Waals surface area contributed by atoms with E-state index in [-0.39, 0.29) is 11.8 Å². The van der Waals surface area contributed by atoms with Gasteiger partial charge in [0.15, 0.2) is 5.82 Å². The number of nitrogens with zero attached hydrogens (tertiary/aromatic N) is 3. The molecule has 0 amide bonds. The van der Waals surface area contributed by atoms with Crippen LogP contribution in [0, 0.1) is 5.82 Å². The number of aromatic nitrogens is 3. The topological polar surface area (TPSA) is 75.9 Å². The maximum atomic E-state index is 13.1. The van der Waals surface area contributed by atoms with Crippen molar-refractivity contribution in [2.75, 3.05) is 10.6 Å². The molecule has 0 saturated carbocycles. The van der Waals surface area contributed by atoms with Crippen LogP contribution >= 0.6 is 0 Å². The molecule has 0 saturated heterocycles. The van der Waals surface area contributed by atoms with Crippen molar-refractivity contribution in [1.82, 2.24) is 15.2 Å². The van der Waals surface area contributed by atoms with Crippen molar-refractivity contribution in [1.29, 1.82) is 0 Å². The number of furan rings is 1. The van der Waals surface area contributed by atoms with Gasteiger partial charge in [-0.1, -0.05) is 6.07 Å². The minimum absolute atomic E-state index is 0.282. The molecule has 106 valence electrons. The highest BCUT2D eigenvalue weighted by atomic mass is 19.1. The summed E-state index contributed by atoms with van der Waals surface area (Å²) in [7, 11) is 0. The molecule has 2 heterocycles. The van der Waals surface area contributed by atoms with Gasteiger partial charge in [-0.25, -0.2) is 4.39 Å². The molecular weight excluding hydrogens is 273 g/mol. The lowest BCUT2D eigenvalue weighted by molar-refractivity contribution is 0.517. The van der Waals surface area contributed by atoms with Crippen LogP contribution in [0.3, 0.4) is 0 Å². The van der Waals surface area contributed by atoms with Gasteiger partial charge >= 0.3 is 0 Å². The van der Waals surface area contributed by atoms with E-state index in [1.54, 1.807) is 18.4 Å². The number of benzene rings is 1. The van der Waals surface area contributed by atoms with Gasteiger partial charge in [0.25, 0.3) is 0 Å². The first-order valence-corrected chi connectivity index (χ1v) is 6.28. The third kappa shape index (κ3) is 3.53. The molecule has 0 aliphatic carbocycles. The van der Waals surface area contributed by atoms with Crippen LogP contribution in [0.1, 0.15) is 5.76 Å². The standard InChI is InChI=1S/C14H12FN5O/c15-10-3-1-4-11(7-10)18-14-19-13(9-17-20-14)16-8-12-5-2-6-21-12/h1-7,9H,8H2,(H2,16,18,19,20). The molecule has 2 aromatic heterocycles. The number of anilines is 3. The summed E-state index contributed by atoms with van der Waals surface area (Å²) < 4.78 is 18.3. The van der Waals surface area contributed by atoms with E-state index in [1.165, 1.54) is 18.3 Å². The summed E-state index contributed by atoms with van der Waals surface area (Å²) in [6, 6.07) is 9.71. The Hall–Kier alpha value is -2.96. The molecule has 0 spiro atoms. The van der Waals surface area contributed by atoms with E-state index < -0.39 is 0 Å². The van der Waals surface area contributed by atoms with Gasteiger partial charge in [0.2, 0.25) is 5.95 Å². The maximum absolute atomic E-state index is 13.1. The van der Waals surface area contributed by atoms with Crippen LogP contribution in [0.2, 0.25) is 0 Å². The highest BCUT2D eigenvalue weighted by molar-refractivity contribution is 5.53. The Morgan fingerprint density at radius 1 is 1.19 bits per heavy atom. The number of nitrogens with one attached hydrogen (secondary N) is 2. The molecule has 0 atom stereocenters.